The van der Waals surface area contributed by atoms with E-state index in [0.717, 1.165) is 37.2 Å². The molecule has 1 unspecified atom stereocenters. The first-order chi connectivity index (χ1) is 11.2. The number of benzene rings is 2. The molecule has 1 heterocycles. The Kier molecular flexibility index (Phi) is 5.05. The number of hydrogen-bond acceptors (Lipinski definition) is 3. The Morgan fingerprint density at radius 3 is 2.78 bits per heavy atom. The number of carbonyl (C=O) groups excluding carboxylic acids is 1. The third-order valence-electron chi connectivity index (χ3n) is 4.11. The van der Waals surface area contributed by atoms with Crippen molar-refractivity contribution in [2.24, 2.45) is 0 Å². The molecule has 0 aliphatic carbocycles. The second-order valence-corrected chi connectivity index (χ2v) is 6.05. The van der Waals surface area contributed by atoms with Gasteiger partial charge in [0.25, 0.3) is 5.91 Å². The van der Waals surface area contributed by atoms with Crippen LogP contribution in [0.1, 0.15) is 28.8 Å². The van der Waals surface area contributed by atoms with Gasteiger partial charge in [-0.1, -0.05) is 30.3 Å². The van der Waals surface area contributed by atoms with Crippen molar-refractivity contribution in [3.8, 4) is 0 Å². The standard InChI is InChI=1S/C19H22N2O2/c22-18-10-5-11-21(14-18)13-15-6-4-7-16(12-15)19(23)20-17-8-2-1-3-9-17/h1-4,6-9,12,18,22H,5,10-11,13-14H2,(H,20,23). The maximum atomic E-state index is 12.3. The van der Waals surface area contributed by atoms with Crippen LogP contribution in [0.25, 0.3) is 0 Å². The maximum absolute atomic E-state index is 12.3. The lowest BCUT2D eigenvalue weighted by atomic mass is 10.1. The lowest BCUT2D eigenvalue weighted by Gasteiger charge is -2.30. The minimum absolute atomic E-state index is 0.100. The summed E-state index contributed by atoms with van der Waals surface area (Å²) in [5.74, 6) is -0.100. The van der Waals surface area contributed by atoms with Gasteiger partial charge in [-0.3, -0.25) is 9.69 Å². The average molecular weight is 310 g/mol. The Bertz CT molecular complexity index is 657. The molecule has 0 aromatic heterocycles. The highest BCUT2D eigenvalue weighted by molar-refractivity contribution is 6.04. The summed E-state index contributed by atoms with van der Waals surface area (Å²) in [5, 5.41) is 12.7. The lowest BCUT2D eigenvalue weighted by Crippen LogP contribution is -2.37. The highest BCUT2D eigenvalue weighted by Crippen LogP contribution is 2.15. The molecule has 0 bridgehead atoms. The molecular weight excluding hydrogens is 288 g/mol. The Balaban J connectivity index is 1.66. The second kappa shape index (κ2) is 7.40. The molecule has 2 aromatic rings. The number of aliphatic hydroxyl groups is 1. The Labute approximate surface area is 136 Å². The molecule has 1 amide bonds. The number of aliphatic hydroxyl groups excluding tert-OH is 1. The van der Waals surface area contributed by atoms with Crippen LogP contribution < -0.4 is 5.32 Å². The summed E-state index contributed by atoms with van der Waals surface area (Å²) in [6.45, 7) is 2.47. The summed E-state index contributed by atoms with van der Waals surface area (Å²) in [7, 11) is 0. The third-order valence-corrected chi connectivity index (χ3v) is 4.11. The second-order valence-electron chi connectivity index (χ2n) is 6.05. The number of likely N-dealkylation sites (tertiary alicyclic amines) is 1. The molecule has 4 nitrogen and oxygen atoms in total. The van der Waals surface area contributed by atoms with Gasteiger partial charge in [-0.05, 0) is 49.2 Å². The van der Waals surface area contributed by atoms with Crippen molar-refractivity contribution in [1.82, 2.24) is 4.90 Å². The van der Waals surface area contributed by atoms with Gasteiger partial charge in [0, 0.05) is 24.3 Å². The van der Waals surface area contributed by atoms with Gasteiger partial charge in [0.2, 0.25) is 0 Å². The van der Waals surface area contributed by atoms with Crippen molar-refractivity contribution in [2.75, 3.05) is 18.4 Å². The van der Waals surface area contributed by atoms with Crippen LogP contribution in [-0.2, 0) is 6.54 Å². The van der Waals surface area contributed by atoms with Crippen molar-refractivity contribution in [3.05, 3.63) is 65.7 Å². The number of amides is 1. The minimum Gasteiger partial charge on any atom is -0.392 e. The number of β-amino-alcohol motifs (C(OH)–C–C–N with tert-alkyl or cyclic N) is 1. The topological polar surface area (TPSA) is 52.6 Å². The molecule has 3 rings (SSSR count). The van der Waals surface area contributed by atoms with E-state index >= 15 is 0 Å². The van der Waals surface area contributed by atoms with Crippen molar-refractivity contribution in [1.29, 1.82) is 0 Å². The van der Waals surface area contributed by atoms with Crippen LogP contribution in [0.5, 0.6) is 0 Å². The summed E-state index contributed by atoms with van der Waals surface area (Å²) < 4.78 is 0. The van der Waals surface area contributed by atoms with Gasteiger partial charge in [0.05, 0.1) is 6.10 Å². The normalized spacial score (nSPS) is 18.6. The fourth-order valence-electron chi connectivity index (χ4n) is 2.97. The van der Waals surface area contributed by atoms with Gasteiger partial charge in [0.1, 0.15) is 0 Å². The number of carbonyl (C=O) groups is 1. The number of anilines is 1. The van der Waals surface area contributed by atoms with E-state index in [1.165, 1.54) is 0 Å². The summed E-state index contributed by atoms with van der Waals surface area (Å²) in [5.41, 5.74) is 2.55. The fraction of sp³-hybridized carbons (Fsp3) is 0.316. The van der Waals surface area contributed by atoms with Gasteiger partial charge >= 0.3 is 0 Å². The molecule has 120 valence electrons. The summed E-state index contributed by atoms with van der Waals surface area (Å²) in [4.78, 5) is 14.6. The predicted molar refractivity (Wildman–Crippen MR) is 91.4 cm³/mol. The van der Waals surface area contributed by atoms with E-state index in [0.29, 0.717) is 12.1 Å². The van der Waals surface area contributed by atoms with Crippen LogP contribution in [0, 0.1) is 0 Å². The zero-order valence-electron chi connectivity index (χ0n) is 13.1. The molecule has 0 radical (unpaired) electrons. The van der Waals surface area contributed by atoms with E-state index in [1.807, 2.05) is 54.6 Å². The quantitative estimate of drug-likeness (QED) is 0.913. The van der Waals surface area contributed by atoms with Gasteiger partial charge < -0.3 is 10.4 Å². The largest absolute Gasteiger partial charge is 0.392 e. The van der Waals surface area contributed by atoms with Crippen molar-refractivity contribution < 1.29 is 9.90 Å². The van der Waals surface area contributed by atoms with E-state index in [-0.39, 0.29) is 12.0 Å². The average Bonchev–Trinajstić information content (AvgIpc) is 2.56. The molecule has 0 spiro atoms. The molecule has 1 atom stereocenters. The number of rotatable bonds is 4. The van der Waals surface area contributed by atoms with Crippen LogP contribution in [0.2, 0.25) is 0 Å². The molecule has 1 fully saturated rings. The molecule has 2 aromatic carbocycles. The lowest BCUT2D eigenvalue weighted by molar-refractivity contribution is 0.0668. The Hall–Kier alpha value is -2.17. The summed E-state index contributed by atoms with van der Waals surface area (Å²) >= 11 is 0. The van der Waals surface area contributed by atoms with Crippen LogP contribution in [0.15, 0.2) is 54.6 Å². The van der Waals surface area contributed by atoms with Crippen molar-refractivity contribution in [2.45, 2.75) is 25.5 Å². The fourth-order valence-corrected chi connectivity index (χ4v) is 2.97. The van der Waals surface area contributed by atoms with E-state index in [1.54, 1.807) is 0 Å². The highest BCUT2D eigenvalue weighted by Gasteiger charge is 2.18. The predicted octanol–water partition coefficient (Wildman–Crippen LogP) is 2.90. The molecule has 1 aliphatic rings. The first-order valence-corrected chi connectivity index (χ1v) is 8.06. The van der Waals surface area contributed by atoms with E-state index in [2.05, 4.69) is 10.2 Å². The molecule has 1 saturated heterocycles. The first kappa shape index (κ1) is 15.7. The van der Waals surface area contributed by atoms with E-state index in [4.69, 9.17) is 0 Å². The van der Waals surface area contributed by atoms with E-state index in [9.17, 15) is 9.90 Å². The number of hydrogen-bond donors (Lipinski definition) is 2. The Morgan fingerprint density at radius 2 is 2.00 bits per heavy atom. The maximum Gasteiger partial charge on any atom is 0.255 e. The molecule has 0 saturated carbocycles. The number of nitrogens with zero attached hydrogens (tertiary/aromatic N) is 1. The highest BCUT2D eigenvalue weighted by atomic mass is 16.3. The SMILES string of the molecule is O=C(Nc1ccccc1)c1cccc(CN2CCCC(O)C2)c1. The zero-order chi connectivity index (χ0) is 16.1. The molecular formula is C19H22N2O2. The van der Waals surface area contributed by atoms with Crippen molar-refractivity contribution >= 4 is 11.6 Å². The smallest absolute Gasteiger partial charge is 0.255 e. The third kappa shape index (κ3) is 4.41. The molecule has 1 aliphatic heterocycles. The van der Waals surface area contributed by atoms with Crippen LogP contribution in [0.3, 0.4) is 0 Å². The van der Waals surface area contributed by atoms with Crippen LogP contribution in [-0.4, -0.2) is 35.1 Å². The monoisotopic (exact) mass is 310 g/mol. The van der Waals surface area contributed by atoms with Crippen molar-refractivity contribution in [3.63, 3.8) is 0 Å². The number of nitrogens with one attached hydrogen (secondary N) is 1. The van der Waals surface area contributed by atoms with Gasteiger partial charge in [-0.2, -0.15) is 0 Å². The zero-order valence-corrected chi connectivity index (χ0v) is 13.1. The molecule has 2 N–H and O–H groups in total. The molecule has 23 heavy (non-hydrogen) atoms. The first-order valence-electron chi connectivity index (χ1n) is 8.06. The number of piperidine rings is 1. The van der Waals surface area contributed by atoms with Crippen LogP contribution >= 0.6 is 0 Å². The minimum atomic E-state index is -0.228. The van der Waals surface area contributed by atoms with E-state index < -0.39 is 0 Å². The Morgan fingerprint density at radius 1 is 1.17 bits per heavy atom. The van der Waals surface area contributed by atoms with Gasteiger partial charge in [-0.25, -0.2) is 0 Å². The summed E-state index contributed by atoms with van der Waals surface area (Å²) in [6, 6.07) is 17.2. The molecule has 4 heteroatoms. The van der Waals surface area contributed by atoms with Gasteiger partial charge in [0.15, 0.2) is 0 Å². The number of para-hydroxylation sites is 1. The van der Waals surface area contributed by atoms with Gasteiger partial charge in [-0.15, -0.1) is 0 Å². The summed E-state index contributed by atoms with van der Waals surface area (Å²) in [6.07, 6.45) is 1.68. The van der Waals surface area contributed by atoms with Crippen LogP contribution in [0.4, 0.5) is 5.69 Å².